The molecule has 0 aliphatic carbocycles. The molecule has 1 rings (SSSR count). The second kappa shape index (κ2) is 5.97. The number of carbonyl (C=O) groups is 2. The van der Waals surface area contributed by atoms with Gasteiger partial charge in [0.25, 0.3) is 0 Å². The first kappa shape index (κ1) is 13.9. The topological polar surface area (TPSA) is 69.9 Å². The zero-order valence-electron chi connectivity index (χ0n) is 10.8. The lowest BCUT2D eigenvalue weighted by Gasteiger charge is -2.36. The third-order valence-electron chi connectivity index (χ3n) is 2.79. The van der Waals surface area contributed by atoms with Crippen molar-refractivity contribution in [2.75, 3.05) is 46.8 Å². The maximum atomic E-state index is 11.8. The van der Waals surface area contributed by atoms with E-state index in [1.165, 1.54) is 0 Å². The molecule has 2 amide bonds. The zero-order valence-corrected chi connectivity index (χ0v) is 10.8. The molecule has 1 atom stereocenters. The minimum Gasteiger partial charge on any atom is -0.338 e. The molecule has 0 unspecified atom stereocenters. The highest BCUT2D eigenvalue weighted by atomic mass is 16.2. The van der Waals surface area contributed by atoms with Gasteiger partial charge in [-0.05, 0) is 21.0 Å². The number of hydrogen-bond donors (Lipinski definition) is 1. The Morgan fingerprint density at radius 1 is 1.18 bits per heavy atom. The summed E-state index contributed by atoms with van der Waals surface area (Å²) in [4.78, 5) is 28.8. The van der Waals surface area contributed by atoms with E-state index in [2.05, 4.69) is 0 Å². The lowest BCUT2D eigenvalue weighted by molar-refractivity contribution is -0.140. The highest BCUT2D eigenvalue weighted by molar-refractivity contribution is 5.82. The fourth-order valence-electron chi connectivity index (χ4n) is 1.83. The molecular weight excluding hydrogens is 220 g/mol. The van der Waals surface area contributed by atoms with Gasteiger partial charge in [-0.3, -0.25) is 9.59 Å². The SMILES string of the molecule is C[C@@H](N)C(=O)N1CCN(C(=O)CN(C)C)CC1. The van der Waals surface area contributed by atoms with E-state index in [1.54, 1.807) is 16.7 Å². The molecule has 1 aliphatic heterocycles. The van der Waals surface area contributed by atoms with Gasteiger partial charge >= 0.3 is 0 Å². The number of rotatable bonds is 3. The fraction of sp³-hybridized carbons (Fsp3) is 0.818. The summed E-state index contributed by atoms with van der Waals surface area (Å²) in [5.41, 5.74) is 5.55. The van der Waals surface area contributed by atoms with E-state index in [1.807, 2.05) is 19.0 Å². The monoisotopic (exact) mass is 242 g/mol. The molecule has 0 bridgehead atoms. The van der Waals surface area contributed by atoms with Crippen LogP contribution in [0.5, 0.6) is 0 Å². The van der Waals surface area contributed by atoms with E-state index in [0.29, 0.717) is 32.7 Å². The van der Waals surface area contributed by atoms with Crippen LogP contribution in [0.3, 0.4) is 0 Å². The van der Waals surface area contributed by atoms with Crippen LogP contribution in [0.25, 0.3) is 0 Å². The molecule has 0 radical (unpaired) electrons. The largest absolute Gasteiger partial charge is 0.338 e. The number of carbonyl (C=O) groups excluding carboxylic acids is 2. The van der Waals surface area contributed by atoms with E-state index in [4.69, 9.17) is 5.73 Å². The number of likely N-dealkylation sites (N-methyl/N-ethyl adjacent to an activating group) is 1. The summed E-state index contributed by atoms with van der Waals surface area (Å²) in [6, 6.07) is -0.459. The average Bonchev–Trinajstić information content (AvgIpc) is 2.27. The van der Waals surface area contributed by atoms with Crippen LogP contribution in [-0.2, 0) is 9.59 Å². The van der Waals surface area contributed by atoms with Gasteiger partial charge in [-0.25, -0.2) is 0 Å². The van der Waals surface area contributed by atoms with E-state index in [9.17, 15) is 9.59 Å². The van der Waals surface area contributed by atoms with Crippen molar-refractivity contribution in [1.29, 1.82) is 0 Å². The van der Waals surface area contributed by atoms with Gasteiger partial charge < -0.3 is 20.4 Å². The molecule has 1 fully saturated rings. The van der Waals surface area contributed by atoms with Crippen molar-refractivity contribution in [3.63, 3.8) is 0 Å². The van der Waals surface area contributed by atoms with Crippen LogP contribution in [0.1, 0.15) is 6.92 Å². The third-order valence-corrected chi connectivity index (χ3v) is 2.79. The van der Waals surface area contributed by atoms with Crippen LogP contribution >= 0.6 is 0 Å². The van der Waals surface area contributed by atoms with Gasteiger partial charge in [-0.1, -0.05) is 0 Å². The average molecular weight is 242 g/mol. The summed E-state index contributed by atoms with van der Waals surface area (Å²) < 4.78 is 0. The zero-order chi connectivity index (χ0) is 13.0. The van der Waals surface area contributed by atoms with Gasteiger partial charge in [-0.2, -0.15) is 0 Å². The van der Waals surface area contributed by atoms with E-state index in [-0.39, 0.29) is 11.8 Å². The van der Waals surface area contributed by atoms with Crippen molar-refractivity contribution in [1.82, 2.24) is 14.7 Å². The maximum Gasteiger partial charge on any atom is 0.239 e. The predicted molar refractivity (Wildman–Crippen MR) is 65.4 cm³/mol. The van der Waals surface area contributed by atoms with Crippen LogP contribution in [0.2, 0.25) is 0 Å². The van der Waals surface area contributed by atoms with Gasteiger partial charge in [0.2, 0.25) is 11.8 Å². The Bertz CT molecular complexity index is 283. The Morgan fingerprint density at radius 3 is 2.06 bits per heavy atom. The lowest BCUT2D eigenvalue weighted by Crippen LogP contribution is -2.54. The summed E-state index contributed by atoms with van der Waals surface area (Å²) in [7, 11) is 3.74. The van der Waals surface area contributed by atoms with Crippen molar-refractivity contribution in [3.8, 4) is 0 Å². The van der Waals surface area contributed by atoms with Crippen LogP contribution in [0.15, 0.2) is 0 Å². The highest BCUT2D eigenvalue weighted by Crippen LogP contribution is 2.04. The molecular formula is C11H22N4O2. The highest BCUT2D eigenvalue weighted by Gasteiger charge is 2.25. The number of nitrogens with zero attached hydrogens (tertiary/aromatic N) is 3. The van der Waals surface area contributed by atoms with E-state index in [0.717, 1.165) is 0 Å². The number of amides is 2. The van der Waals surface area contributed by atoms with Crippen molar-refractivity contribution in [2.45, 2.75) is 13.0 Å². The van der Waals surface area contributed by atoms with Gasteiger partial charge in [0, 0.05) is 26.2 Å². The first-order valence-corrected chi connectivity index (χ1v) is 5.88. The van der Waals surface area contributed by atoms with Crippen molar-refractivity contribution in [3.05, 3.63) is 0 Å². The second-order valence-corrected chi connectivity index (χ2v) is 4.73. The molecule has 0 spiro atoms. The fourth-order valence-corrected chi connectivity index (χ4v) is 1.83. The quantitative estimate of drug-likeness (QED) is 0.658. The van der Waals surface area contributed by atoms with Crippen molar-refractivity contribution in [2.24, 2.45) is 5.73 Å². The van der Waals surface area contributed by atoms with Crippen LogP contribution in [0.4, 0.5) is 0 Å². The lowest BCUT2D eigenvalue weighted by atomic mass is 10.2. The summed E-state index contributed by atoms with van der Waals surface area (Å²) in [6.45, 7) is 4.47. The summed E-state index contributed by atoms with van der Waals surface area (Å²) in [5, 5.41) is 0. The second-order valence-electron chi connectivity index (χ2n) is 4.73. The van der Waals surface area contributed by atoms with Gasteiger partial charge in [0.15, 0.2) is 0 Å². The summed E-state index contributed by atoms with van der Waals surface area (Å²) in [6.07, 6.45) is 0. The molecule has 98 valence electrons. The van der Waals surface area contributed by atoms with Crippen molar-refractivity contribution >= 4 is 11.8 Å². The van der Waals surface area contributed by atoms with Gasteiger partial charge in [0.1, 0.15) is 0 Å². The van der Waals surface area contributed by atoms with E-state index < -0.39 is 6.04 Å². The van der Waals surface area contributed by atoms with Crippen LogP contribution in [0, 0.1) is 0 Å². The minimum atomic E-state index is -0.459. The van der Waals surface area contributed by atoms with E-state index >= 15 is 0 Å². The molecule has 1 aliphatic rings. The molecule has 0 aromatic carbocycles. The molecule has 17 heavy (non-hydrogen) atoms. The Morgan fingerprint density at radius 2 is 1.65 bits per heavy atom. The Balaban J connectivity index is 2.40. The number of hydrogen-bond acceptors (Lipinski definition) is 4. The molecule has 6 heteroatoms. The molecule has 2 N–H and O–H groups in total. The standard InChI is InChI=1S/C11H22N4O2/c1-9(12)11(17)15-6-4-14(5-7-15)10(16)8-13(2)3/h9H,4-8,12H2,1-3H3/t9-/m1/s1. The molecule has 0 aromatic heterocycles. The smallest absolute Gasteiger partial charge is 0.239 e. The van der Waals surface area contributed by atoms with Crippen LogP contribution < -0.4 is 5.73 Å². The molecule has 0 aromatic rings. The first-order valence-electron chi connectivity index (χ1n) is 5.88. The number of piperazine rings is 1. The Kier molecular flexibility index (Phi) is 4.89. The molecule has 0 saturated carbocycles. The van der Waals surface area contributed by atoms with Gasteiger partial charge in [-0.15, -0.1) is 0 Å². The molecule has 1 heterocycles. The van der Waals surface area contributed by atoms with Crippen LogP contribution in [-0.4, -0.2) is 79.4 Å². The first-order chi connectivity index (χ1) is 7.91. The Labute approximate surface area is 102 Å². The van der Waals surface area contributed by atoms with Crippen molar-refractivity contribution < 1.29 is 9.59 Å². The molecule has 6 nitrogen and oxygen atoms in total. The summed E-state index contributed by atoms with van der Waals surface area (Å²) in [5.74, 6) is 0.0765. The molecule has 1 saturated heterocycles. The number of nitrogens with two attached hydrogens (primary N) is 1. The summed E-state index contributed by atoms with van der Waals surface area (Å²) >= 11 is 0. The Hall–Kier alpha value is -1.14. The normalized spacial score (nSPS) is 18.4. The third kappa shape index (κ3) is 3.98. The maximum absolute atomic E-state index is 11.8. The van der Waals surface area contributed by atoms with Gasteiger partial charge in [0.05, 0.1) is 12.6 Å². The predicted octanol–water partition coefficient (Wildman–Crippen LogP) is -1.43. The minimum absolute atomic E-state index is 0.0373.